The third kappa shape index (κ3) is 3.45. The van der Waals surface area contributed by atoms with Gasteiger partial charge in [0.25, 0.3) is 11.5 Å². The average molecular weight is 482 g/mol. The van der Waals surface area contributed by atoms with Crippen molar-refractivity contribution in [3.8, 4) is 5.88 Å². The van der Waals surface area contributed by atoms with Crippen LogP contribution in [-0.2, 0) is 15.8 Å². The van der Waals surface area contributed by atoms with Crippen LogP contribution in [0.2, 0.25) is 0 Å². The molecule has 9 nitrogen and oxygen atoms in total. The highest BCUT2D eigenvalue weighted by atomic mass is 19.1. The number of carbonyl (C=O) groups excluding carboxylic acids is 1. The Hall–Kier alpha value is -3.27. The molecule has 0 unspecified atom stereocenters. The molecule has 1 amide bonds. The first-order valence-electron chi connectivity index (χ1n) is 12.0. The largest absolute Gasteiger partial charge is 0.474 e. The highest BCUT2D eigenvalue weighted by Crippen LogP contribution is 2.56. The maximum absolute atomic E-state index is 13.4. The fraction of sp³-hybridized carbons (Fsp3) is 0.520. The van der Waals surface area contributed by atoms with Crippen molar-refractivity contribution in [1.29, 1.82) is 0 Å². The van der Waals surface area contributed by atoms with Gasteiger partial charge >= 0.3 is 0 Å². The van der Waals surface area contributed by atoms with Gasteiger partial charge < -0.3 is 19.4 Å². The number of amides is 1. The van der Waals surface area contributed by atoms with Crippen LogP contribution < -0.4 is 15.6 Å². The monoisotopic (exact) mass is 481 g/mol. The van der Waals surface area contributed by atoms with E-state index in [4.69, 9.17) is 9.47 Å². The molecule has 3 aromatic rings. The molecule has 0 aromatic carbocycles. The Kier molecular flexibility index (Phi) is 4.67. The molecule has 0 spiro atoms. The van der Waals surface area contributed by atoms with E-state index in [1.165, 1.54) is 0 Å². The molecule has 0 atom stereocenters. The number of alkyl halides is 1. The standard InChI is InChI=1S/C25H28FN5O4/c1-15(2)35-21-17(20(32)27-18-5-4-8-30(22(18)33)23(3)6-7-23)9-16-10-31(29-19(16)28-21)24-11-25(12-24,13-26)34-14-24/h4-5,8-10,15H,6-7,11-14H2,1-3H3,(H,27,32). The highest BCUT2D eigenvalue weighted by Gasteiger charge is 2.64. The van der Waals surface area contributed by atoms with E-state index in [0.717, 1.165) is 12.8 Å². The minimum atomic E-state index is -0.692. The molecule has 10 heteroatoms. The number of halogens is 1. The zero-order chi connectivity index (χ0) is 24.6. The van der Waals surface area contributed by atoms with E-state index in [1.807, 2.05) is 27.0 Å². The molecule has 2 saturated carbocycles. The van der Waals surface area contributed by atoms with Crippen LogP contribution in [0, 0.1) is 0 Å². The van der Waals surface area contributed by atoms with Crippen LogP contribution in [0.5, 0.6) is 5.88 Å². The minimum absolute atomic E-state index is 0.146. The van der Waals surface area contributed by atoms with Crippen LogP contribution in [0.4, 0.5) is 10.1 Å². The number of anilines is 1. The van der Waals surface area contributed by atoms with Gasteiger partial charge in [-0.25, -0.2) is 4.39 Å². The number of nitrogens with one attached hydrogen (secondary N) is 1. The van der Waals surface area contributed by atoms with Crippen LogP contribution in [0.3, 0.4) is 0 Å². The molecule has 35 heavy (non-hydrogen) atoms. The summed E-state index contributed by atoms with van der Waals surface area (Å²) in [6.07, 6.45) is 6.33. The summed E-state index contributed by atoms with van der Waals surface area (Å²) >= 11 is 0. The van der Waals surface area contributed by atoms with E-state index >= 15 is 0 Å². The summed E-state index contributed by atoms with van der Waals surface area (Å²) in [7, 11) is 0. The van der Waals surface area contributed by atoms with Gasteiger partial charge in [-0.15, -0.1) is 0 Å². The molecule has 4 fully saturated rings. The lowest BCUT2D eigenvalue weighted by Gasteiger charge is -2.42. The van der Waals surface area contributed by atoms with Crippen molar-refractivity contribution in [2.45, 2.75) is 69.2 Å². The lowest BCUT2D eigenvalue weighted by molar-refractivity contribution is -0.0336. The van der Waals surface area contributed by atoms with Gasteiger partial charge in [0.05, 0.1) is 18.2 Å². The molecular formula is C25H28FN5O4. The molecule has 2 aliphatic carbocycles. The molecule has 2 aliphatic heterocycles. The van der Waals surface area contributed by atoms with Gasteiger partial charge in [-0.3, -0.25) is 14.3 Å². The quantitative estimate of drug-likeness (QED) is 0.555. The van der Waals surface area contributed by atoms with Crippen LogP contribution in [-0.4, -0.2) is 50.2 Å². The number of hydrogen-bond donors (Lipinski definition) is 1. The van der Waals surface area contributed by atoms with Gasteiger partial charge in [0.15, 0.2) is 5.65 Å². The molecule has 5 heterocycles. The van der Waals surface area contributed by atoms with Crippen molar-refractivity contribution in [2.24, 2.45) is 0 Å². The number of ether oxygens (including phenoxy) is 2. The van der Waals surface area contributed by atoms with Gasteiger partial charge in [0.1, 0.15) is 23.5 Å². The third-order valence-electron chi connectivity index (χ3n) is 7.48. The minimum Gasteiger partial charge on any atom is -0.474 e. The van der Waals surface area contributed by atoms with E-state index in [0.29, 0.717) is 30.5 Å². The lowest BCUT2D eigenvalue weighted by Crippen LogP contribution is -2.52. The van der Waals surface area contributed by atoms with Crippen molar-refractivity contribution < 1.29 is 18.7 Å². The zero-order valence-corrected chi connectivity index (χ0v) is 20.0. The predicted octanol–water partition coefficient (Wildman–Crippen LogP) is 3.37. The number of rotatable bonds is 7. The normalized spacial score (nSPS) is 26.1. The molecule has 3 aromatic heterocycles. The van der Waals surface area contributed by atoms with E-state index in [1.54, 1.807) is 33.6 Å². The van der Waals surface area contributed by atoms with Gasteiger partial charge in [0.2, 0.25) is 5.88 Å². The summed E-state index contributed by atoms with van der Waals surface area (Å²) in [5, 5.41) is 8.03. The van der Waals surface area contributed by atoms with Crippen LogP contribution in [0.15, 0.2) is 35.4 Å². The summed E-state index contributed by atoms with van der Waals surface area (Å²) in [6, 6.07) is 5.04. The van der Waals surface area contributed by atoms with Crippen molar-refractivity contribution in [1.82, 2.24) is 19.3 Å². The maximum Gasteiger partial charge on any atom is 0.274 e. The van der Waals surface area contributed by atoms with Crippen LogP contribution >= 0.6 is 0 Å². The number of hydrogen-bond acceptors (Lipinski definition) is 6. The summed E-state index contributed by atoms with van der Waals surface area (Å²) in [6.45, 7) is 5.60. The first kappa shape index (κ1) is 22.2. The Bertz CT molecular complexity index is 1400. The average Bonchev–Trinajstić information content (AvgIpc) is 3.15. The van der Waals surface area contributed by atoms with E-state index in [-0.39, 0.29) is 39.9 Å². The van der Waals surface area contributed by atoms with Gasteiger partial charge in [0, 0.05) is 36.2 Å². The second kappa shape index (κ2) is 7.36. The molecule has 1 N–H and O–H groups in total. The van der Waals surface area contributed by atoms with Gasteiger partial charge in [-0.2, -0.15) is 10.1 Å². The molecule has 4 aliphatic rings. The van der Waals surface area contributed by atoms with Gasteiger partial charge in [-0.05, 0) is 51.8 Å². The maximum atomic E-state index is 13.4. The fourth-order valence-electron chi connectivity index (χ4n) is 5.29. The van der Waals surface area contributed by atoms with E-state index in [2.05, 4.69) is 15.4 Å². The second-order valence-corrected chi connectivity index (χ2v) is 10.7. The molecule has 2 saturated heterocycles. The molecule has 7 rings (SSSR count). The number of fused-ring (bicyclic) bond motifs is 2. The summed E-state index contributed by atoms with van der Waals surface area (Å²) in [5.41, 5.74) is -0.661. The smallest absolute Gasteiger partial charge is 0.274 e. The van der Waals surface area contributed by atoms with Crippen molar-refractivity contribution >= 4 is 22.6 Å². The molecule has 0 radical (unpaired) electrons. The number of nitrogens with zero attached hydrogens (tertiary/aromatic N) is 4. The van der Waals surface area contributed by atoms with Crippen LogP contribution in [0.25, 0.3) is 11.0 Å². The number of carbonyl (C=O) groups is 1. The van der Waals surface area contributed by atoms with Crippen molar-refractivity contribution in [2.75, 3.05) is 18.6 Å². The predicted molar refractivity (Wildman–Crippen MR) is 127 cm³/mol. The van der Waals surface area contributed by atoms with Crippen molar-refractivity contribution in [3.63, 3.8) is 0 Å². The fourth-order valence-corrected chi connectivity index (χ4v) is 5.29. The Labute approximate surface area is 201 Å². The summed E-state index contributed by atoms with van der Waals surface area (Å²) in [4.78, 5) is 30.9. The second-order valence-electron chi connectivity index (χ2n) is 10.7. The van der Waals surface area contributed by atoms with E-state index < -0.39 is 18.2 Å². The van der Waals surface area contributed by atoms with E-state index in [9.17, 15) is 14.0 Å². The first-order chi connectivity index (χ1) is 16.7. The van der Waals surface area contributed by atoms with Gasteiger partial charge in [-0.1, -0.05) is 0 Å². The first-order valence-corrected chi connectivity index (χ1v) is 12.0. The molecule has 184 valence electrons. The van der Waals surface area contributed by atoms with Crippen molar-refractivity contribution in [3.05, 3.63) is 46.5 Å². The topological polar surface area (TPSA) is 100 Å². The zero-order valence-electron chi connectivity index (χ0n) is 20.0. The molecular weight excluding hydrogens is 453 g/mol. The Morgan fingerprint density at radius 1 is 1.34 bits per heavy atom. The Morgan fingerprint density at radius 2 is 2.11 bits per heavy atom. The Morgan fingerprint density at radius 3 is 2.77 bits per heavy atom. The summed E-state index contributed by atoms with van der Waals surface area (Å²) in [5.74, 6) is -0.339. The molecule has 2 bridgehead atoms. The number of aromatic nitrogens is 4. The third-order valence-corrected chi connectivity index (χ3v) is 7.48. The Balaban J connectivity index is 1.35. The lowest BCUT2D eigenvalue weighted by atomic mass is 9.69. The SMILES string of the molecule is CC(C)Oc1nc2nn(C34COC(CF)(C3)C4)cc2cc1C(=O)Nc1cccn(C2(C)CC2)c1=O. The highest BCUT2D eigenvalue weighted by molar-refractivity contribution is 6.07. The summed E-state index contributed by atoms with van der Waals surface area (Å²) < 4.78 is 28.4. The van der Waals surface area contributed by atoms with Crippen LogP contribution in [0.1, 0.15) is 56.8 Å². The number of pyridine rings is 2.